The molecule has 0 unspecified atom stereocenters. The maximum Gasteiger partial charge on any atom is 0.326 e. The quantitative estimate of drug-likeness (QED) is 0.745. The van der Waals surface area contributed by atoms with Crippen molar-refractivity contribution in [2.24, 2.45) is 5.73 Å². The van der Waals surface area contributed by atoms with E-state index in [1.165, 1.54) is 0 Å². The van der Waals surface area contributed by atoms with Crippen LogP contribution in [0.1, 0.15) is 5.69 Å². The summed E-state index contributed by atoms with van der Waals surface area (Å²) in [6.45, 7) is -1.17. The summed E-state index contributed by atoms with van der Waals surface area (Å²) in [7, 11) is 0. The van der Waals surface area contributed by atoms with Crippen LogP contribution in [0.4, 0.5) is 17.6 Å². The second-order valence-corrected chi connectivity index (χ2v) is 2.67. The standard InChI is InChI=1S/C6H8F4N4/c7-5(8)6(9,10)3-14-2-4(1-11)12-13-14/h2,5H,1,3,11H2. The highest BCUT2D eigenvalue weighted by Gasteiger charge is 2.41. The van der Waals surface area contributed by atoms with Gasteiger partial charge in [-0.1, -0.05) is 5.21 Å². The third kappa shape index (κ3) is 2.41. The van der Waals surface area contributed by atoms with Gasteiger partial charge in [0.1, 0.15) is 6.54 Å². The summed E-state index contributed by atoms with van der Waals surface area (Å²) in [4.78, 5) is 0. The molecular formula is C6H8F4N4. The molecule has 0 bridgehead atoms. The molecule has 8 heteroatoms. The van der Waals surface area contributed by atoms with Gasteiger partial charge >= 0.3 is 12.3 Å². The minimum atomic E-state index is -4.10. The van der Waals surface area contributed by atoms with E-state index in [0.29, 0.717) is 4.68 Å². The van der Waals surface area contributed by atoms with Gasteiger partial charge in [-0.25, -0.2) is 13.5 Å². The van der Waals surface area contributed by atoms with Crippen LogP contribution in [0, 0.1) is 0 Å². The summed E-state index contributed by atoms with van der Waals surface area (Å²) in [5, 5.41) is 6.62. The highest BCUT2D eigenvalue weighted by atomic mass is 19.3. The molecule has 0 aromatic carbocycles. The Morgan fingerprint density at radius 2 is 2.14 bits per heavy atom. The first-order valence-electron chi connectivity index (χ1n) is 3.71. The van der Waals surface area contributed by atoms with Crippen molar-refractivity contribution in [3.63, 3.8) is 0 Å². The van der Waals surface area contributed by atoms with Crippen LogP contribution in [0.5, 0.6) is 0 Å². The second-order valence-electron chi connectivity index (χ2n) is 2.67. The minimum absolute atomic E-state index is 0.0280. The lowest BCUT2D eigenvalue weighted by molar-refractivity contribution is -0.139. The van der Waals surface area contributed by atoms with Crippen LogP contribution >= 0.6 is 0 Å². The summed E-state index contributed by atoms with van der Waals surface area (Å²) >= 11 is 0. The molecule has 0 saturated carbocycles. The fraction of sp³-hybridized carbons (Fsp3) is 0.667. The third-order valence-electron chi connectivity index (χ3n) is 1.49. The Kier molecular flexibility index (Phi) is 3.04. The van der Waals surface area contributed by atoms with Gasteiger partial charge in [-0.15, -0.1) is 5.10 Å². The molecule has 1 rings (SSSR count). The summed E-state index contributed by atoms with van der Waals surface area (Å²) in [5.41, 5.74) is 5.41. The third-order valence-corrected chi connectivity index (χ3v) is 1.49. The van der Waals surface area contributed by atoms with Crippen LogP contribution in [-0.2, 0) is 13.1 Å². The molecule has 14 heavy (non-hydrogen) atoms. The molecule has 80 valence electrons. The molecule has 0 aliphatic heterocycles. The Balaban J connectivity index is 2.68. The second kappa shape index (κ2) is 3.91. The van der Waals surface area contributed by atoms with Crippen molar-refractivity contribution in [3.8, 4) is 0 Å². The van der Waals surface area contributed by atoms with E-state index in [4.69, 9.17) is 5.73 Å². The molecule has 0 atom stereocenters. The lowest BCUT2D eigenvalue weighted by Gasteiger charge is -2.13. The number of hydrogen-bond donors (Lipinski definition) is 1. The number of nitrogens with two attached hydrogens (primary N) is 1. The van der Waals surface area contributed by atoms with Gasteiger partial charge in [0.05, 0.1) is 5.69 Å². The van der Waals surface area contributed by atoms with E-state index in [9.17, 15) is 17.6 Å². The molecule has 2 N–H and O–H groups in total. The number of nitrogens with zero attached hydrogens (tertiary/aromatic N) is 3. The fourth-order valence-electron chi connectivity index (χ4n) is 0.794. The minimum Gasteiger partial charge on any atom is -0.325 e. The van der Waals surface area contributed by atoms with Gasteiger partial charge in [0.15, 0.2) is 0 Å². The highest BCUT2D eigenvalue weighted by Crippen LogP contribution is 2.24. The SMILES string of the molecule is NCc1cn(CC(F)(F)C(F)F)nn1. The smallest absolute Gasteiger partial charge is 0.325 e. The zero-order valence-electron chi connectivity index (χ0n) is 7.00. The normalized spacial score (nSPS) is 12.4. The predicted molar refractivity (Wildman–Crippen MR) is 38.9 cm³/mol. The van der Waals surface area contributed by atoms with Gasteiger partial charge in [0.25, 0.3) is 0 Å². The van der Waals surface area contributed by atoms with Crippen LogP contribution in [0.3, 0.4) is 0 Å². The fourth-order valence-corrected chi connectivity index (χ4v) is 0.794. The average molecular weight is 212 g/mol. The first kappa shape index (κ1) is 10.9. The maximum atomic E-state index is 12.5. The number of halogens is 4. The largest absolute Gasteiger partial charge is 0.326 e. The average Bonchev–Trinajstić information content (AvgIpc) is 2.51. The Morgan fingerprint density at radius 3 is 2.57 bits per heavy atom. The topological polar surface area (TPSA) is 56.7 Å². The molecule has 1 aromatic heterocycles. The lowest BCUT2D eigenvalue weighted by Crippen LogP contribution is -2.32. The van der Waals surface area contributed by atoms with E-state index < -0.39 is 18.9 Å². The van der Waals surface area contributed by atoms with Gasteiger partial charge in [-0.3, -0.25) is 0 Å². The van der Waals surface area contributed by atoms with Gasteiger partial charge in [-0.05, 0) is 0 Å². The molecule has 4 nitrogen and oxygen atoms in total. The molecule has 0 saturated heterocycles. The summed E-state index contributed by atoms with van der Waals surface area (Å²) < 4.78 is 49.1. The van der Waals surface area contributed by atoms with Gasteiger partial charge < -0.3 is 5.73 Å². The number of rotatable bonds is 4. The number of hydrogen-bond acceptors (Lipinski definition) is 3. The van der Waals surface area contributed by atoms with Crippen molar-refractivity contribution in [1.29, 1.82) is 0 Å². The van der Waals surface area contributed by atoms with Gasteiger partial charge in [0.2, 0.25) is 0 Å². The van der Waals surface area contributed by atoms with E-state index >= 15 is 0 Å². The van der Waals surface area contributed by atoms with Crippen molar-refractivity contribution in [2.45, 2.75) is 25.4 Å². The molecule has 0 aliphatic rings. The number of alkyl halides is 4. The summed E-state index contributed by atoms with van der Waals surface area (Å²) in [6.07, 6.45) is -2.61. The highest BCUT2D eigenvalue weighted by molar-refractivity contribution is 4.91. The summed E-state index contributed by atoms with van der Waals surface area (Å²) in [6, 6.07) is 0. The molecule has 0 radical (unpaired) electrons. The van der Waals surface area contributed by atoms with E-state index in [-0.39, 0.29) is 12.2 Å². The van der Waals surface area contributed by atoms with E-state index in [1.54, 1.807) is 0 Å². The maximum absolute atomic E-state index is 12.5. The first-order valence-corrected chi connectivity index (χ1v) is 3.71. The van der Waals surface area contributed by atoms with Gasteiger partial charge in [0, 0.05) is 12.7 Å². The van der Waals surface area contributed by atoms with Crippen molar-refractivity contribution < 1.29 is 17.6 Å². The summed E-state index contributed by atoms with van der Waals surface area (Å²) in [5.74, 6) is -4.10. The number of aromatic nitrogens is 3. The van der Waals surface area contributed by atoms with Crippen molar-refractivity contribution in [1.82, 2.24) is 15.0 Å². The van der Waals surface area contributed by atoms with Crippen LogP contribution in [0.2, 0.25) is 0 Å². The zero-order valence-corrected chi connectivity index (χ0v) is 7.00. The van der Waals surface area contributed by atoms with Crippen molar-refractivity contribution in [3.05, 3.63) is 11.9 Å². The van der Waals surface area contributed by atoms with E-state index in [0.717, 1.165) is 6.20 Å². The zero-order chi connectivity index (χ0) is 10.8. The Hall–Kier alpha value is -1.18. The molecule has 0 aliphatic carbocycles. The molecule has 1 aromatic rings. The Bertz CT molecular complexity index is 298. The van der Waals surface area contributed by atoms with Gasteiger partial charge in [-0.2, -0.15) is 8.78 Å². The van der Waals surface area contributed by atoms with E-state index in [1.807, 2.05) is 0 Å². The van der Waals surface area contributed by atoms with Crippen molar-refractivity contribution >= 4 is 0 Å². The van der Waals surface area contributed by atoms with E-state index in [2.05, 4.69) is 10.3 Å². The van der Waals surface area contributed by atoms with Crippen LogP contribution < -0.4 is 5.73 Å². The van der Waals surface area contributed by atoms with Crippen LogP contribution in [0.25, 0.3) is 0 Å². The molecular weight excluding hydrogens is 204 g/mol. The van der Waals surface area contributed by atoms with Crippen molar-refractivity contribution in [2.75, 3.05) is 0 Å². The lowest BCUT2D eigenvalue weighted by atomic mass is 10.3. The Morgan fingerprint density at radius 1 is 1.50 bits per heavy atom. The molecule has 0 spiro atoms. The molecule has 0 fully saturated rings. The molecule has 0 amide bonds. The Labute approximate surface area is 76.7 Å². The van der Waals surface area contributed by atoms with Crippen LogP contribution in [-0.4, -0.2) is 27.3 Å². The van der Waals surface area contributed by atoms with Crippen LogP contribution in [0.15, 0.2) is 6.20 Å². The predicted octanol–water partition coefficient (Wildman–Crippen LogP) is 0.637. The molecule has 1 heterocycles. The first-order chi connectivity index (χ1) is 6.45. The monoisotopic (exact) mass is 212 g/mol.